The molecule has 1 aliphatic heterocycles. The summed E-state index contributed by atoms with van der Waals surface area (Å²) < 4.78 is 7.28. The van der Waals surface area contributed by atoms with Crippen LogP contribution in [0.5, 0.6) is 0 Å². The van der Waals surface area contributed by atoms with Crippen LogP contribution in [0, 0.1) is 0 Å². The van der Waals surface area contributed by atoms with Crippen molar-refractivity contribution in [2.75, 3.05) is 18.4 Å². The predicted molar refractivity (Wildman–Crippen MR) is 136 cm³/mol. The predicted octanol–water partition coefficient (Wildman–Crippen LogP) is 5.13. The van der Waals surface area contributed by atoms with Gasteiger partial charge >= 0.3 is 6.09 Å². The average molecular weight is 472 g/mol. The number of anilines is 2. The molecular weight excluding hydrogens is 442 g/mol. The number of aromatic nitrogens is 5. The molecule has 0 atom stereocenters. The average Bonchev–Trinajstić information content (AvgIpc) is 3.45. The maximum absolute atomic E-state index is 12.4. The molecule has 0 aliphatic carbocycles. The van der Waals surface area contributed by atoms with E-state index in [0.717, 1.165) is 51.5 Å². The molecule has 4 heterocycles. The highest BCUT2D eigenvalue weighted by atomic mass is 16.6. The third kappa shape index (κ3) is 5.03. The number of aryl methyl sites for hydroxylation is 1. The zero-order chi connectivity index (χ0) is 24.6. The Morgan fingerprint density at radius 2 is 2.03 bits per heavy atom. The van der Waals surface area contributed by atoms with E-state index in [9.17, 15) is 4.79 Å². The number of amides is 1. The van der Waals surface area contributed by atoms with Crippen LogP contribution < -0.4 is 5.32 Å². The summed E-state index contributed by atoms with van der Waals surface area (Å²) in [5.74, 6) is 0.725. The number of H-pyrrole nitrogens is 1. The Morgan fingerprint density at radius 1 is 1.17 bits per heavy atom. The Hall–Kier alpha value is -4.14. The fourth-order valence-corrected chi connectivity index (χ4v) is 4.08. The van der Waals surface area contributed by atoms with E-state index in [2.05, 4.69) is 43.6 Å². The molecule has 0 saturated carbocycles. The van der Waals surface area contributed by atoms with E-state index in [1.54, 1.807) is 15.9 Å². The van der Waals surface area contributed by atoms with Gasteiger partial charge in [0.25, 0.3) is 0 Å². The lowest BCUT2D eigenvalue weighted by atomic mass is 10.1. The first-order chi connectivity index (χ1) is 16.7. The number of carbonyl (C=O) groups excluding carboxylic acids is 1. The fraction of sp³-hybridized carbons (Fsp3) is 0.308. The summed E-state index contributed by atoms with van der Waals surface area (Å²) in [6, 6.07) is 12.1. The molecular formula is C26H29N7O2. The molecule has 3 aromatic heterocycles. The molecule has 1 amide bonds. The molecule has 0 saturated heterocycles. The van der Waals surface area contributed by atoms with Crippen molar-refractivity contribution in [1.29, 1.82) is 0 Å². The number of ether oxygens (including phenoxy) is 1. The van der Waals surface area contributed by atoms with Gasteiger partial charge in [-0.15, -0.1) is 0 Å². The number of hydrogen-bond acceptors (Lipinski definition) is 6. The van der Waals surface area contributed by atoms with Gasteiger partial charge in [-0.3, -0.25) is 4.68 Å². The first kappa shape index (κ1) is 22.6. The largest absolute Gasteiger partial charge is 0.444 e. The van der Waals surface area contributed by atoms with Gasteiger partial charge in [-0.25, -0.2) is 14.8 Å². The van der Waals surface area contributed by atoms with Crippen LogP contribution in [0.15, 0.2) is 55.0 Å². The number of rotatable bonds is 4. The SMILES string of the molecule is Cn1ccc(-c2cccc(Nc3ncnc4[nH]c(C5=CCN(C(=O)OC(C)(C)C)CC5)cc34)c2)n1. The van der Waals surface area contributed by atoms with Gasteiger partial charge in [-0.2, -0.15) is 5.10 Å². The molecule has 1 aliphatic rings. The summed E-state index contributed by atoms with van der Waals surface area (Å²) in [6.07, 6.45) is 5.99. The normalized spacial score (nSPS) is 14.2. The second-order valence-corrected chi connectivity index (χ2v) is 9.65. The van der Waals surface area contributed by atoms with Crippen LogP contribution >= 0.6 is 0 Å². The third-order valence-electron chi connectivity index (χ3n) is 5.77. The lowest BCUT2D eigenvalue weighted by molar-refractivity contribution is 0.0270. The molecule has 4 aromatic rings. The van der Waals surface area contributed by atoms with Crippen molar-refractivity contribution >= 4 is 34.2 Å². The number of fused-ring (bicyclic) bond motifs is 1. The molecule has 9 heteroatoms. The lowest BCUT2D eigenvalue weighted by Gasteiger charge is -2.29. The summed E-state index contributed by atoms with van der Waals surface area (Å²) in [7, 11) is 1.91. The highest BCUT2D eigenvalue weighted by molar-refractivity contribution is 5.92. The second kappa shape index (κ2) is 8.90. The van der Waals surface area contributed by atoms with Crippen LogP contribution in [-0.2, 0) is 11.8 Å². The molecule has 0 radical (unpaired) electrons. The van der Waals surface area contributed by atoms with E-state index >= 15 is 0 Å². The number of nitrogens with zero attached hydrogens (tertiary/aromatic N) is 5. The maximum Gasteiger partial charge on any atom is 0.410 e. The Labute approximate surface area is 203 Å². The van der Waals surface area contributed by atoms with Gasteiger partial charge < -0.3 is 19.9 Å². The summed E-state index contributed by atoms with van der Waals surface area (Å²) in [5.41, 5.74) is 5.24. The van der Waals surface area contributed by atoms with E-state index < -0.39 is 5.60 Å². The summed E-state index contributed by atoms with van der Waals surface area (Å²) in [6.45, 7) is 6.75. The highest BCUT2D eigenvalue weighted by Crippen LogP contribution is 2.30. The van der Waals surface area contributed by atoms with Crippen molar-refractivity contribution in [1.82, 2.24) is 29.6 Å². The van der Waals surface area contributed by atoms with Crippen LogP contribution in [-0.4, -0.2) is 54.4 Å². The van der Waals surface area contributed by atoms with Gasteiger partial charge in [0, 0.05) is 43.3 Å². The number of aromatic amines is 1. The first-order valence-corrected chi connectivity index (χ1v) is 11.6. The van der Waals surface area contributed by atoms with Crippen LogP contribution in [0.4, 0.5) is 16.3 Å². The Kier molecular flexibility index (Phi) is 5.76. The quantitative estimate of drug-likeness (QED) is 0.428. The van der Waals surface area contributed by atoms with Crippen LogP contribution in [0.2, 0.25) is 0 Å². The Bertz CT molecular complexity index is 1410. The van der Waals surface area contributed by atoms with E-state index in [-0.39, 0.29) is 6.09 Å². The second-order valence-electron chi connectivity index (χ2n) is 9.65. The molecule has 9 nitrogen and oxygen atoms in total. The fourth-order valence-electron chi connectivity index (χ4n) is 4.08. The number of nitrogens with one attached hydrogen (secondary N) is 2. The van der Waals surface area contributed by atoms with Crippen molar-refractivity contribution in [3.05, 3.63) is 60.7 Å². The van der Waals surface area contributed by atoms with Crippen molar-refractivity contribution in [2.45, 2.75) is 32.8 Å². The van der Waals surface area contributed by atoms with E-state index in [1.165, 1.54) is 0 Å². The van der Waals surface area contributed by atoms with Crippen molar-refractivity contribution in [3.8, 4) is 11.3 Å². The van der Waals surface area contributed by atoms with E-state index in [0.29, 0.717) is 13.1 Å². The minimum atomic E-state index is -0.503. The molecule has 2 N–H and O–H groups in total. The van der Waals surface area contributed by atoms with Gasteiger partial charge in [0.05, 0.1) is 11.1 Å². The third-order valence-corrected chi connectivity index (χ3v) is 5.77. The lowest BCUT2D eigenvalue weighted by Crippen LogP contribution is -2.39. The monoisotopic (exact) mass is 471 g/mol. The standard InChI is InChI=1S/C26H29N7O2/c1-26(2,3)35-25(34)33-12-8-17(9-13-33)22-15-20-23(27-16-28-24(20)30-22)29-19-7-5-6-18(14-19)21-10-11-32(4)31-21/h5-8,10-11,14-16H,9,12-13H2,1-4H3,(H2,27,28,29,30). The Morgan fingerprint density at radius 3 is 2.74 bits per heavy atom. The van der Waals surface area contributed by atoms with Crippen LogP contribution in [0.25, 0.3) is 27.9 Å². The molecule has 180 valence electrons. The van der Waals surface area contributed by atoms with Gasteiger partial charge in [0.2, 0.25) is 0 Å². The number of benzene rings is 1. The summed E-state index contributed by atoms with van der Waals surface area (Å²) >= 11 is 0. The summed E-state index contributed by atoms with van der Waals surface area (Å²) in [4.78, 5) is 26.4. The molecule has 1 aromatic carbocycles. The van der Waals surface area contributed by atoms with Gasteiger partial charge in [0.15, 0.2) is 0 Å². The molecule has 0 unspecified atom stereocenters. The zero-order valence-electron chi connectivity index (χ0n) is 20.4. The minimum Gasteiger partial charge on any atom is -0.444 e. The topological polar surface area (TPSA) is 101 Å². The van der Waals surface area contributed by atoms with Gasteiger partial charge in [-0.1, -0.05) is 18.2 Å². The minimum absolute atomic E-state index is 0.283. The van der Waals surface area contributed by atoms with Gasteiger partial charge in [0.1, 0.15) is 23.4 Å². The van der Waals surface area contributed by atoms with E-state index in [1.807, 2.05) is 58.3 Å². The zero-order valence-corrected chi connectivity index (χ0v) is 20.4. The molecule has 0 fully saturated rings. The highest BCUT2D eigenvalue weighted by Gasteiger charge is 2.24. The van der Waals surface area contributed by atoms with Crippen LogP contribution in [0.1, 0.15) is 32.9 Å². The van der Waals surface area contributed by atoms with Crippen molar-refractivity contribution in [2.24, 2.45) is 7.05 Å². The summed E-state index contributed by atoms with van der Waals surface area (Å²) in [5, 5.41) is 8.82. The van der Waals surface area contributed by atoms with Gasteiger partial charge in [-0.05, 0) is 57.0 Å². The number of carbonyl (C=O) groups is 1. The van der Waals surface area contributed by atoms with Crippen molar-refractivity contribution < 1.29 is 9.53 Å². The number of hydrogen-bond donors (Lipinski definition) is 2. The first-order valence-electron chi connectivity index (χ1n) is 11.6. The molecule has 35 heavy (non-hydrogen) atoms. The molecule has 0 bridgehead atoms. The van der Waals surface area contributed by atoms with Crippen LogP contribution in [0.3, 0.4) is 0 Å². The van der Waals surface area contributed by atoms with Crippen molar-refractivity contribution in [3.63, 3.8) is 0 Å². The molecule has 0 spiro atoms. The smallest absolute Gasteiger partial charge is 0.410 e. The molecule has 5 rings (SSSR count). The Balaban J connectivity index is 1.36. The maximum atomic E-state index is 12.4. The van der Waals surface area contributed by atoms with E-state index in [4.69, 9.17) is 4.74 Å².